The van der Waals surface area contributed by atoms with E-state index in [4.69, 9.17) is 16.9 Å². The molecule has 8 heteroatoms. The van der Waals surface area contributed by atoms with Gasteiger partial charge in [-0.15, -0.1) is 0 Å². The molecule has 0 radical (unpaired) electrons. The maximum absolute atomic E-state index is 11.3. The molecule has 2 atom stereocenters. The summed E-state index contributed by atoms with van der Waals surface area (Å²) in [7, 11) is 0. The Bertz CT molecular complexity index is 343. The van der Waals surface area contributed by atoms with Gasteiger partial charge in [-0.3, -0.25) is 15.1 Å². The Hall–Kier alpha value is -2.09. The SMILES string of the molecule is C[C@H]1C=C[C@H](C)N1CC(=O)N=C(N)N.N=C(N)N. The first-order valence-corrected chi connectivity index (χ1v) is 5.40. The highest BCUT2D eigenvalue weighted by atomic mass is 16.1. The summed E-state index contributed by atoms with van der Waals surface area (Å²) >= 11 is 0. The number of hydrogen-bond acceptors (Lipinski definition) is 3. The van der Waals surface area contributed by atoms with Crippen molar-refractivity contribution in [1.82, 2.24) is 4.90 Å². The highest BCUT2D eigenvalue weighted by Gasteiger charge is 2.23. The third-order valence-corrected chi connectivity index (χ3v) is 2.29. The number of amides is 1. The highest BCUT2D eigenvalue weighted by molar-refractivity contribution is 5.92. The van der Waals surface area contributed by atoms with Crippen LogP contribution in [0.25, 0.3) is 0 Å². The quantitative estimate of drug-likeness (QED) is 0.224. The normalized spacial score (nSPS) is 21.9. The number of guanidine groups is 2. The van der Waals surface area contributed by atoms with Crippen LogP contribution in [0.5, 0.6) is 0 Å². The first kappa shape index (κ1) is 15.9. The number of carbonyl (C=O) groups is 1. The van der Waals surface area contributed by atoms with E-state index in [9.17, 15) is 4.79 Å². The molecule has 1 aliphatic rings. The monoisotopic (exact) mass is 255 g/mol. The molecule has 0 bridgehead atoms. The molecule has 102 valence electrons. The van der Waals surface area contributed by atoms with Crippen LogP contribution < -0.4 is 22.9 Å². The lowest BCUT2D eigenvalue weighted by Gasteiger charge is -2.24. The van der Waals surface area contributed by atoms with Crippen molar-refractivity contribution in [3.05, 3.63) is 12.2 Å². The van der Waals surface area contributed by atoms with E-state index in [-0.39, 0.29) is 36.5 Å². The van der Waals surface area contributed by atoms with Crippen LogP contribution in [0.1, 0.15) is 13.8 Å². The molecule has 8 nitrogen and oxygen atoms in total. The molecule has 1 aliphatic heterocycles. The summed E-state index contributed by atoms with van der Waals surface area (Å²) in [5.41, 5.74) is 19.2. The van der Waals surface area contributed by atoms with Gasteiger partial charge in [0.05, 0.1) is 6.54 Å². The summed E-state index contributed by atoms with van der Waals surface area (Å²) < 4.78 is 0. The summed E-state index contributed by atoms with van der Waals surface area (Å²) in [4.78, 5) is 16.8. The van der Waals surface area contributed by atoms with Gasteiger partial charge < -0.3 is 22.9 Å². The zero-order chi connectivity index (χ0) is 14.3. The van der Waals surface area contributed by atoms with Gasteiger partial charge in [-0.2, -0.15) is 4.99 Å². The Labute approximate surface area is 106 Å². The summed E-state index contributed by atoms with van der Waals surface area (Å²) in [6.07, 6.45) is 4.13. The number of rotatable bonds is 2. The summed E-state index contributed by atoms with van der Waals surface area (Å²) in [5.74, 6) is -0.810. The van der Waals surface area contributed by atoms with Crippen LogP contribution in [-0.2, 0) is 4.79 Å². The van der Waals surface area contributed by atoms with Crippen LogP contribution in [0, 0.1) is 5.41 Å². The molecule has 18 heavy (non-hydrogen) atoms. The van der Waals surface area contributed by atoms with Crippen molar-refractivity contribution >= 4 is 17.8 Å². The van der Waals surface area contributed by atoms with Gasteiger partial charge in [0.1, 0.15) is 0 Å². The Kier molecular flexibility index (Phi) is 6.43. The van der Waals surface area contributed by atoms with Crippen LogP contribution in [0.4, 0.5) is 0 Å². The Morgan fingerprint density at radius 1 is 1.22 bits per heavy atom. The van der Waals surface area contributed by atoms with E-state index in [0.29, 0.717) is 0 Å². The van der Waals surface area contributed by atoms with Crippen LogP contribution in [0.15, 0.2) is 17.1 Å². The zero-order valence-corrected chi connectivity index (χ0v) is 10.6. The van der Waals surface area contributed by atoms with E-state index < -0.39 is 0 Å². The number of aliphatic imine (C=N–C) groups is 1. The second-order valence-corrected chi connectivity index (χ2v) is 3.92. The third kappa shape index (κ3) is 6.48. The fourth-order valence-electron chi connectivity index (χ4n) is 1.54. The van der Waals surface area contributed by atoms with Crippen molar-refractivity contribution in [3.63, 3.8) is 0 Å². The number of nitrogens with two attached hydrogens (primary N) is 4. The maximum Gasteiger partial charge on any atom is 0.263 e. The van der Waals surface area contributed by atoms with Crippen molar-refractivity contribution in [1.29, 1.82) is 5.41 Å². The molecule has 0 aromatic rings. The van der Waals surface area contributed by atoms with Gasteiger partial charge in [0, 0.05) is 12.1 Å². The lowest BCUT2D eigenvalue weighted by atomic mass is 10.3. The van der Waals surface area contributed by atoms with Crippen molar-refractivity contribution in [2.24, 2.45) is 27.9 Å². The van der Waals surface area contributed by atoms with Gasteiger partial charge in [-0.05, 0) is 13.8 Å². The van der Waals surface area contributed by atoms with Crippen LogP contribution in [0.2, 0.25) is 0 Å². The van der Waals surface area contributed by atoms with Crippen molar-refractivity contribution in [2.45, 2.75) is 25.9 Å². The molecule has 1 amide bonds. The molecule has 0 fully saturated rings. The predicted molar refractivity (Wildman–Crippen MR) is 71.7 cm³/mol. The lowest BCUT2D eigenvalue weighted by molar-refractivity contribution is -0.119. The average Bonchev–Trinajstić information content (AvgIpc) is 2.47. The lowest BCUT2D eigenvalue weighted by Crippen LogP contribution is -2.38. The molecule has 1 heterocycles. The predicted octanol–water partition coefficient (Wildman–Crippen LogP) is -1.73. The largest absolute Gasteiger partial charge is 0.370 e. The smallest absolute Gasteiger partial charge is 0.263 e. The minimum Gasteiger partial charge on any atom is -0.370 e. The zero-order valence-electron chi connectivity index (χ0n) is 10.6. The third-order valence-electron chi connectivity index (χ3n) is 2.29. The van der Waals surface area contributed by atoms with E-state index in [1.807, 2.05) is 18.7 Å². The second-order valence-electron chi connectivity index (χ2n) is 3.92. The van der Waals surface area contributed by atoms with E-state index in [2.05, 4.69) is 28.6 Å². The molecule has 0 aliphatic carbocycles. The van der Waals surface area contributed by atoms with Gasteiger partial charge in [0.25, 0.3) is 5.91 Å². The first-order valence-electron chi connectivity index (χ1n) is 5.40. The van der Waals surface area contributed by atoms with Crippen molar-refractivity contribution in [3.8, 4) is 0 Å². The van der Waals surface area contributed by atoms with Crippen molar-refractivity contribution in [2.75, 3.05) is 6.54 Å². The minimum absolute atomic E-state index is 0.178. The second kappa shape index (κ2) is 7.28. The molecule has 0 unspecified atom stereocenters. The number of carbonyl (C=O) groups excluding carboxylic acids is 1. The van der Waals surface area contributed by atoms with E-state index in [1.165, 1.54) is 0 Å². The maximum atomic E-state index is 11.3. The molecule has 1 rings (SSSR count). The van der Waals surface area contributed by atoms with Gasteiger partial charge in [-0.1, -0.05) is 12.2 Å². The fraction of sp³-hybridized carbons (Fsp3) is 0.500. The molecule has 0 aromatic carbocycles. The Morgan fingerprint density at radius 3 is 1.94 bits per heavy atom. The van der Waals surface area contributed by atoms with Gasteiger partial charge in [0.15, 0.2) is 11.9 Å². The summed E-state index contributed by atoms with van der Waals surface area (Å²) in [5, 5.41) is 6.06. The standard InChI is InChI=1S/C9H16N4O.CH5N3/c1-6-3-4-7(2)13(6)5-8(14)12-9(10)11;2-1(3)4/h3-4,6-7H,5H2,1-2H3,(H4,10,11,12,14);(H5,2,3,4)/t6-,7-;/m0./s1. The van der Waals surface area contributed by atoms with Crippen LogP contribution in [0.3, 0.4) is 0 Å². The Morgan fingerprint density at radius 2 is 1.61 bits per heavy atom. The van der Waals surface area contributed by atoms with Crippen LogP contribution >= 0.6 is 0 Å². The summed E-state index contributed by atoms with van der Waals surface area (Å²) in [6.45, 7) is 4.32. The van der Waals surface area contributed by atoms with Crippen LogP contribution in [-0.4, -0.2) is 41.4 Å². The topological polar surface area (TPSA) is 161 Å². The summed E-state index contributed by atoms with van der Waals surface area (Å²) in [6, 6.07) is 0.534. The molecule has 0 spiro atoms. The molecule has 0 saturated carbocycles. The Balaban J connectivity index is 0.000000631. The molecule has 0 aromatic heterocycles. The molecule has 0 saturated heterocycles. The molecular formula is C10H21N7O. The minimum atomic E-state index is -0.333. The first-order chi connectivity index (χ1) is 8.23. The fourth-order valence-corrected chi connectivity index (χ4v) is 1.54. The number of nitrogens with zero attached hydrogens (tertiary/aromatic N) is 2. The van der Waals surface area contributed by atoms with E-state index in [0.717, 1.165) is 0 Å². The number of nitrogens with one attached hydrogen (secondary N) is 1. The van der Waals surface area contributed by atoms with Gasteiger partial charge in [-0.25, -0.2) is 0 Å². The van der Waals surface area contributed by atoms with E-state index >= 15 is 0 Å². The molecular weight excluding hydrogens is 234 g/mol. The van der Waals surface area contributed by atoms with E-state index in [1.54, 1.807) is 0 Å². The average molecular weight is 255 g/mol. The molecule has 9 N–H and O–H groups in total. The van der Waals surface area contributed by atoms with Gasteiger partial charge >= 0.3 is 0 Å². The van der Waals surface area contributed by atoms with Crippen molar-refractivity contribution < 1.29 is 4.79 Å². The number of hydrogen-bond donors (Lipinski definition) is 5. The highest BCUT2D eigenvalue weighted by Crippen LogP contribution is 2.15. The van der Waals surface area contributed by atoms with Gasteiger partial charge in [0.2, 0.25) is 0 Å².